The van der Waals surface area contributed by atoms with E-state index in [4.69, 9.17) is 5.11 Å². The molecule has 19 heavy (non-hydrogen) atoms. The normalized spacial score (nSPS) is 18.3. The van der Waals surface area contributed by atoms with Crippen LogP contribution in [-0.4, -0.2) is 54.7 Å². The lowest BCUT2D eigenvalue weighted by Crippen LogP contribution is -2.53. The molecule has 1 unspecified atom stereocenters. The number of carboxylic acid groups (broad SMARTS) is 1. The Morgan fingerprint density at radius 2 is 2.11 bits per heavy atom. The topological polar surface area (TPSA) is 134 Å². The minimum atomic E-state index is -1.21. The Bertz CT molecular complexity index is 383. The molecule has 1 aliphatic rings. The number of carbonyl (C=O) groups is 4. The molecule has 0 aromatic rings. The highest BCUT2D eigenvalue weighted by Crippen LogP contribution is 2.02. The summed E-state index contributed by atoms with van der Waals surface area (Å²) in [6.45, 7) is -0.600. The van der Waals surface area contributed by atoms with E-state index in [0.717, 1.165) is 6.42 Å². The van der Waals surface area contributed by atoms with Crippen LogP contribution in [0.2, 0.25) is 0 Å². The number of carboxylic acids is 1. The lowest BCUT2D eigenvalue weighted by Gasteiger charge is -2.22. The molecule has 0 radical (unpaired) electrons. The first-order valence-electron chi connectivity index (χ1n) is 5.66. The molecular formula is C10H15N3O6. The molecule has 0 aliphatic carbocycles. The number of piperidine rings is 1. The van der Waals surface area contributed by atoms with Crippen molar-refractivity contribution < 1.29 is 29.0 Å². The van der Waals surface area contributed by atoms with Gasteiger partial charge in [0.15, 0.2) is 0 Å². The van der Waals surface area contributed by atoms with Crippen molar-refractivity contribution in [2.45, 2.75) is 18.9 Å². The van der Waals surface area contributed by atoms with Crippen molar-refractivity contribution in [3.05, 3.63) is 0 Å². The van der Waals surface area contributed by atoms with E-state index in [-0.39, 0.29) is 5.91 Å². The van der Waals surface area contributed by atoms with Gasteiger partial charge in [0.2, 0.25) is 5.91 Å². The number of hydrogen-bond donors (Lipinski definition) is 4. The summed E-state index contributed by atoms with van der Waals surface area (Å²) in [5, 5.41) is 15.1. The third-order valence-corrected chi connectivity index (χ3v) is 2.30. The Balaban J connectivity index is 2.24. The number of urea groups is 1. The fourth-order valence-corrected chi connectivity index (χ4v) is 1.50. The van der Waals surface area contributed by atoms with Crippen molar-refractivity contribution in [3.8, 4) is 0 Å². The van der Waals surface area contributed by atoms with E-state index in [1.165, 1.54) is 0 Å². The molecule has 0 spiro atoms. The maximum Gasteiger partial charge on any atom is 0.329 e. The summed E-state index contributed by atoms with van der Waals surface area (Å²) >= 11 is 0. The molecule has 4 amide bonds. The van der Waals surface area contributed by atoms with Gasteiger partial charge in [-0.15, -0.1) is 0 Å². The van der Waals surface area contributed by atoms with E-state index < -0.39 is 37.2 Å². The van der Waals surface area contributed by atoms with Crippen molar-refractivity contribution in [2.75, 3.05) is 19.8 Å². The molecule has 1 fully saturated rings. The summed E-state index contributed by atoms with van der Waals surface area (Å²) in [5.74, 6) is -2.29. The van der Waals surface area contributed by atoms with E-state index in [0.29, 0.717) is 13.0 Å². The first kappa shape index (κ1) is 14.9. The SMILES string of the molecule is O=C(O)COCC(=O)NC(=O)NC1CCCNC1=O. The predicted octanol–water partition coefficient (Wildman–Crippen LogP) is -1.81. The maximum atomic E-state index is 11.4. The van der Waals surface area contributed by atoms with Crippen molar-refractivity contribution in [1.82, 2.24) is 16.0 Å². The van der Waals surface area contributed by atoms with Crippen molar-refractivity contribution in [1.29, 1.82) is 0 Å². The molecule has 1 saturated heterocycles. The smallest absolute Gasteiger partial charge is 0.329 e. The summed E-state index contributed by atoms with van der Waals surface area (Å²) in [6.07, 6.45) is 1.25. The number of amides is 4. The molecule has 1 heterocycles. The molecule has 4 N–H and O–H groups in total. The van der Waals surface area contributed by atoms with Crippen LogP contribution in [0.25, 0.3) is 0 Å². The van der Waals surface area contributed by atoms with Gasteiger partial charge in [-0.25, -0.2) is 9.59 Å². The Labute approximate surface area is 108 Å². The van der Waals surface area contributed by atoms with Crippen LogP contribution in [0.15, 0.2) is 0 Å². The molecule has 0 aromatic carbocycles. The fraction of sp³-hybridized carbons (Fsp3) is 0.600. The summed E-state index contributed by atoms with van der Waals surface area (Å²) in [5.41, 5.74) is 0. The van der Waals surface area contributed by atoms with Crippen molar-refractivity contribution >= 4 is 23.8 Å². The first-order valence-corrected chi connectivity index (χ1v) is 5.66. The third kappa shape index (κ3) is 5.82. The standard InChI is InChI=1S/C10H15N3O6/c14-7(4-19-5-8(15)16)13-10(18)12-6-2-1-3-11-9(6)17/h6H,1-5H2,(H,11,17)(H,15,16)(H2,12,13,14,18). The molecule has 1 atom stereocenters. The Morgan fingerprint density at radius 1 is 1.37 bits per heavy atom. The highest BCUT2D eigenvalue weighted by molar-refractivity contribution is 5.97. The molecule has 0 saturated carbocycles. The molecule has 1 rings (SSSR count). The van der Waals surface area contributed by atoms with Gasteiger partial charge in [-0.2, -0.15) is 0 Å². The summed E-state index contributed by atoms with van der Waals surface area (Å²) in [6, 6.07) is -1.48. The fourth-order valence-electron chi connectivity index (χ4n) is 1.50. The molecule has 106 valence electrons. The van der Waals surface area contributed by atoms with Crippen LogP contribution >= 0.6 is 0 Å². The van der Waals surface area contributed by atoms with Gasteiger partial charge in [0.1, 0.15) is 19.3 Å². The average molecular weight is 273 g/mol. The number of carbonyl (C=O) groups excluding carboxylic acids is 3. The summed E-state index contributed by atoms with van der Waals surface area (Å²) in [7, 11) is 0. The van der Waals surface area contributed by atoms with E-state index in [1.807, 2.05) is 5.32 Å². The molecular weight excluding hydrogens is 258 g/mol. The minimum Gasteiger partial charge on any atom is -0.480 e. The zero-order valence-corrected chi connectivity index (χ0v) is 10.1. The van der Waals surface area contributed by atoms with Crippen LogP contribution in [0.3, 0.4) is 0 Å². The second kappa shape index (κ2) is 7.31. The zero-order valence-electron chi connectivity index (χ0n) is 10.1. The van der Waals surface area contributed by atoms with Crippen molar-refractivity contribution in [3.63, 3.8) is 0 Å². The lowest BCUT2D eigenvalue weighted by molar-refractivity contribution is -0.143. The average Bonchev–Trinajstić information content (AvgIpc) is 2.31. The number of hydrogen-bond acceptors (Lipinski definition) is 5. The molecule has 1 aliphatic heterocycles. The predicted molar refractivity (Wildman–Crippen MR) is 61.2 cm³/mol. The van der Waals surface area contributed by atoms with Crippen LogP contribution in [0.1, 0.15) is 12.8 Å². The van der Waals surface area contributed by atoms with Gasteiger partial charge in [-0.3, -0.25) is 14.9 Å². The summed E-state index contributed by atoms with van der Waals surface area (Å²) < 4.78 is 4.50. The molecule has 9 heteroatoms. The molecule has 0 aromatic heterocycles. The number of aliphatic carboxylic acids is 1. The van der Waals surface area contributed by atoms with Gasteiger partial charge in [0.25, 0.3) is 5.91 Å². The molecule has 9 nitrogen and oxygen atoms in total. The van der Waals surface area contributed by atoms with Gasteiger partial charge in [0, 0.05) is 6.54 Å². The van der Waals surface area contributed by atoms with Gasteiger partial charge < -0.3 is 20.5 Å². The van der Waals surface area contributed by atoms with Crippen LogP contribution in [0.5, 0.6) is 0 Å². The number of nitrogens with one attached hydrogen (secondary N) is 3. The number of ether oxygens (including phenoxy) is 1. The van der Waals surface area contributed by atoms with E-state index in [2.05, 4.69) is 15.4 Å². The molecule has 0 bridgehead atoms. The monoisotopic (exact) mass is 273 g/mol. The van der Waals surface area contributed by atoms with E-state index >= 15 is 0 Å². The van der Waals surface area contributed by atoms with Crippen molar-refractivity contribution in [2.24, 2.45) is 0 Å². The Hall–Kier alpha value is -2.16. The van der Waals surface area contributed by atoms with Crippen LogP contribution in [0.4, 0.5) is 4.79 Å². The zero-order chi connectivity index (χ0) is 14.3. The highest BCUT2D eigenvalue weighted by Gasteiger charge is 2.24. The largest absolute Gasteiger partial charge is 0.480 e. The second-order valence-electron chi connectivity index (χ2n) is 3.89. The van der Waals surface area contributed by atoms with Crippen LogP contribution in [-0.2, 0) is 19.1 Å². The van der Waals surface area contributed by atoms with Gasteiger partial charge in [-0.1, -0.05) is 0 Å². The summed E-state index contributed by atoms with van der Waals surface area (Å²) in [4.78, 5) is 44.0. The first-order chi connectivity index (χ1) is 8.99. The van der Waals surface area contributed by atoms with E-state index in [1.54, 1.807) is 0 Å². The van der Waals surface area contributed by atoms with Crippen LogP contribution in [0, 0.1) is 0 Å². The third-order valence-electron chi connectivity index (χ3n) is 2.30. The minimum absolute atomic E-state index is 0.295. The maximum absolute atomic E-state index is 11.4. The number of rotatable bonds is 5. The highest BCUT2D eigenvalue weighted by atomic mass is 16.5. The van der Waals surface area contributed by atoms with E-state index in [9.17, 15) is 19.2 Å². The quantitative estimate of drug-likeness (QED) is 0.466. The van der Waals surface area contributed by atoms with Crippen LogP contribution < -0.4 is 16.0 Å². The van der Waals surface area contributed by atoms with Gasteiger partial charge in [-0.05, 0) is 12.8 Å². The van der Waals surface area contributed by atoms with Gasteiger partial charge in [0.05, 0.1) is 0 Å². The Kier molecular flexibility index (Phi) is 5.73. The van der Waals surface area contributed by atoms with Gasteiger partial charge >= 0.3 is 12.0 Å². The lowest BCUT2D eigenvalue weighted by atomic mass is 10.1. The second-order valence-corrected chi connectivity index (χ2v) is 3.89. The number of imide groups is 1. The Morgan fingerprint density at radius 3 is 2.74 bits per heavy atom.